The standard InChI is InChI=1S/C16H12FN3O4/c1-2-7-18-16(22)12-4-6-15(21)19(10-12)9-11-3-5-13(20(23)24)8-14(11)17/h1,3-6,8,10H,7,9H2,(H,18,22). The van der Waals surface area contributed by atoms with Crippen molar-refractivity contribution >= 4 is 11.6 Å². The number of terminal acetylenes is 1. The van der Waals surface area contributed by atoms with Crippen LogP contribution in [0.5, 0.6) is 0 Å². The summed E-state index contributed by atoms with van der Waals surface area (Å²) in [6, 6.07) is 5.66. The van der Waals surface area contributed by atoms with Gasteiger partial charge < -0.3 is 9.88 Å². The lowest BCUT2D eigenvalue weighted by molar-refractivity contribution is -0.385. The number of halogens is 1. The number of non-ortho nitro benzene ring substituents is 1. The predicted octanol–water partition coefficient (Wildman–Crippen LogP) is 1.31. The molecule has 0 unspecified atom stereocenters. The van der Waals surface area contributed by atoms with Crippen LogP contribution in [0.3, 0.4) is 0 Å². The molecule has 0 fully saturated rings. The average Bonchev–Trinajstić information content (AvgIpc) is 2.56. The second-order valence-corrected chi connectivity index (χ2v) is 4.80. The molecular weight excluding hydrogens is 317 g/mol. The van der Waals surface area contributed by atoms with Gasteiger partial charge in [0.05, 0.1) is 29.6 Å². The Morgan fingerprint density at radius 1 is 1.38 bits per heavy atom. The molecule has 8 heteroatoms. The monoisotopic (exact) mass is 329 g/mol. The molecule has 2 aromatic rings. The number of pyridine rings is 1. The maximum absolute atomic E-state index is 13.9. The quantitative estimate of drug-likeness (QED) is 0.508. The van der Waals surface area contributed by atoms with Crippen molar-refractivity contribution in [2.45, 2.75) is 6.54 Å². The van der Waals surface area contributed by atoms with E-state index >= 15 is 0 Å². The smallest absolute Gasteiger partial charge is 0.272 e. The van der Waals surface area contributed by atoms with Crippen molar-refractivity contribution < 1.29 is 14.1 Å². The first kappa shape index (κ1) is 16.9. The van der Waals surface area contributed by atoms with Gasteiger partial charge >= 0.3 is 0 Å². The van der Waals surface area contributed by atoms with Gasteiger partial charge in [-0.3, -0.25) is 19.7 Å². The van der Waals surface area contributed by atoms with Crippen LogP contribution in [0.1, 0.15) is 15.9 Å². The second-order valence-electron chi connectivity index (χ2n) is 4.80. The Kier molecular flexibility index (Phi) is 5.06. The molecule has 0 spiro atoms. The number of nitrogens with one attached hydrogen (secondary N) is 1. The van der Waals surface area contributed by atoms with Crippen molar-refractivity contribution in [3.05, 3.63) is 73.9 Å². The third-order valence-corrected chi connectivity index (χ3v) is 3.18. The number of rotatable bonds is 5. The van der Waals surface area contributed by atoms with E-state index in [-0.39, 0.29) is 29.9 Å². The average molecular weight is 329 g/mol. The van der Waals surface area contributed by atoms with Crippen LogP contribution in [-0.2, 0) is 6.54 Å². The molecule has 7 nitrogen and oxygen atoms in total. The lowest BCUT2D eigenvalue weighted by atomic mass is 10.2. The van der Waals surface area contributed by atoms with Crippen LogP contribution in [0.25, 0.3) is 0 Å². The summed E-state index contributed by atoms with van der Waals surface area (Å²) in [6.45, 7) is -0.131. The summed E-state index contributed by atoms with van der Waals surface area (Å²) < 4.78 is 15.1. The fourth-order valence-electron chi connectivity index (χ4n) is 1.98. The topological polar surface area (TPSA) is 94.2 Å². The Hall–Kier alpha value is -3.47. The van der Waals surface area contributed by atoms with E-state index in [1.54, 1.807) is 0 Å². The number of hydrogen-bond acceptors (Lipinski definition) is 4. The number of amides is 1. The van der Waals surface area contributed by atoms with Crippen LogP contribution >= 0.6 is 0 Å². The van der Waals surface area contributed by atoms with Gasteiger partial charge in [0.25, 0.3) is 17.2 Å². The van der Waals surface area contributed by atoms with E-state index < -0.39 is 22.2 Å². The van der Waals surface area contributed by atoms with Crippen molar-refractivity contribution in [3.63, 3.8) is 0 Å². The third kappa shape index (κ3) is 3.84. The van der Waals surface area contributed by atoms with Gasteiger partial charge in [-0.25, -0.2) is 4.39 Å². The Morgan fingerprint density at radius 3 is 2.75 bits per heavy atom. The number of carbonyl (C=O) groups excluding carboxylic acids is 1. The van der Waals surface area contributed by atoms with E-state index in [2.05, 4.69) is 11.2 Å². The molecule has 0 radical (unpaired) electrons. The van der Waals surface area contributed by atoms with Gasteiger partial charge in [-0.2, -0.15) is 0 Å². The molecule has 122 valence electrons. The molecule has 1 N–H and O–H groups in total. The normalized spacial score (nSPS) is 10.0. The zero-order valence-corrected chi connectivity index (χ0v) is 12.4. The Labute approximate surface area is 135 Å². The lowest BCUT2D eigenvalue weighted by Gasteiger charge is -2.09. The summed E-state index contributed by atoms with van der Waals surface area (Å²) in [4.78, 5) is 33.6. The first-order valence-corrected chi connectivity index (χ1v) is 6.77. The molecule has 1 heterocycles. The number of nitro groups is 1. The van der Waals surface area contributed by atoms with Crippen LogP contribution in [0.2, 0.25) is 0 Å². The van der Waals surface area contributed by atoms with Crippen LogP contribution in [0.15, 0.2) is 41.3 Å². The summed E-state index contributed by atoms with van der Waals surface area (Å²) >= 11 is 0. The van der Waals surface area contributed by atoms with Gasteiger partial charge in [0.1, 0.15) is 5.82 Å². The van der Waals surface area contributed by atoms with Crippen molar-refractivity contribution in [2.24, 2.45) is 0 Å². The van der Waals surface area contributed by atoms with Crippen LogP contribution in [0.4, 0.5) is 10.1 Å². The minimum absolute atomic E-state index is 0.0366. The number of aromatic nitrogens is 1. The summed E-state index contributed by atoms with van der Waals surface area (Å²) in [6.07, 6.45) is 6.32. The van der Waals surface area contributed by atoms with Gasteiger partial charge in [-0.1, -0.05) is 5.92 Å². The van der Waals surface area contributed by atoms with E-state index in [4.69, 9.17) is 6.42 Å². The van der Waals surface area contributed by atoms with Crippen LogP contribution < -0.4 is 10.9 Å². The Bertz CT molecular complexity index is 899. The lowest BCUT2D eigenvalue weighted by Crippen LogP contribution is -2.27. The fraction of sp³-hybridized carbons (Fsp3) is 0.125. The first-order valence-electron chi connectivity index (χ1n) is 6.77. The molecule has 24 heavy (non-hydrogen) atoms. The molecule has 0 aliphatic rings. The molecule has 0 aliphatic heterocycles. The first-order chi connectivity index (χ1) is 11.4. The van der Waals surface area contributed by atoms with Crippen molar-refractivity contribution in [3.8, 4) is 12.3 Å². The molecule has 0 aliphatic carbocycles. The molecular formula is C16H12FN3O4. The zero-order valence-electron chi connectivity index (χ0n) is 12.4. The summed E-state index contributed by atoms with van der Waals surface area (Å²) in [5, 5.41) is 13.1. The number of nitro benzene ring substituents is 1. The minimum Gasteiger partial charge on any atom is -0.341 e. The fourth-order valence-corrected chi connectivity index (χ4v) is 1.98. The highest BCUT2D eigenvalue weighted by Crippen LogP contribution is 2.17. The maximum Gasteiger partial charge on any atom is 0.272 e. The van der Waals surface area contributed by atoms with Crippen molar-refractivity contribution in [2.75, 3.05) is 6.54 Å². The van der Waals surface area contributed by atoms with Crippen LogP contribution in [0, 0.1) is 28.3 Å². The van der Waals surface area contributed by atoms with E-state index in [1.807, 2.05) is 0 Å². The molecule has 0 saturated carbocycles. The molecule has 1 amide bonds. The van der Waals surface area contributed by atoms with Crippen molar-refractivity contribution in [1.82, 2.24) is 9.88 Å². The van der Waals surface area contributed by atoms with Crippen LogP contribution in [-0.4, -0.2) is 21.9 Å². The zero-order chi connectivity index (χ0) is 17.7. The van der Waals surface area contributed by atoms with Gasteiger partial charge in [0, 0.05) is 23.9 Å². The maximum atomic E-state index is 13.9. The summed E-state index contributed by atoms with van der Waals surface area (Å²) in [5.41, 5.74) is -0.552. The molecule has 1 aromatic carbocycles. The Morgan fingerprint density at radius 2 is 2.12 bits per heavy atom. The molecule has 0 saturated heterocycles. The molecule has 0 atom stereocenters. The van der Waals surface area contributed by atoms with E-state index in [1.165, 1.54) is 24.4 Å². The SMILES string of the molecule is C#CCNC(=O)c1ccc(=O)n(Cc2ccc([N+](=O)[O-])cc2F)c1. The minimum atomic E-state index is -0.807. The highest BCUT2D eigenvalue weighted by molar-refractivity contribution is 5.93. The van der Waals surface area contributed by atoms with E-state index in [0.29, 0.717) is 0 Å². The number of hydrogen-bond donors (Lipinski definition) is 1. The Balaban J connectivity index is 2.30. The molecule has 2 rings (SSSR count). The highest BCUT2D eigenvalue weighted by Gasteiger charge is 2.12. The predicted molar refractivity (Wildman–Crippen MR) is 84.0 cm³/mol. The number of benzene rings is 1. The molecule has 1 aromatic heterocycles. The summed E-state index contributed by atoms with van der Waals surface area (Å²) in [7, 11) is 0. The van der Waals surface area contributed by atoms with Crippen molar-refractivity contribution in [1.29, 1.82) is 0 Å². The van der Waals surface area contributed by atoms with E-state index in [0.717, 1.165) is 16.7 Å². The highest BCUT2D eigenvalue weighted by atomic mass is 19.1. The van der Waals surface area contributed by atoms with Gasteiger partial charge in [-0.15, -0.1) is 6.42 Å². The van der Waals surface area contributed by atoms with Gasteiger partial charge in [0.2, 0.25) is 0 Å². The summed E-state index contributed by atoms with van der Waals surface area (Å²) in [5.74, 6) is 0.977. The number of carbonyl (C=O) groups is 1. The largest absolute Gasteiger partial charge is 0.341 e. The van der Waals surface area contributed by atoms with E-state index in [9.17, 15) is 24.1 Å². The second kappa shape index (κ2) is 7.19. The van der Waals surface area contributed by atoms with Gasteiger partial charge in [-0.05, 0) is 12.1 Å². The third-order valence-electron chi connectivity index (χ3n) is 3.18. The van der Waals surface area contributed by atoms with Gasteiger partial charge in [0.15, 0.2) is 0 Å². The molecule has 0 bridgehead atoms. The number of nitrogens with zero attached hydrogens (tertiary/aromatic N) is 2.